The van der Waals surface area contributed by atoms with Crippen molar-refractivity contribution in [2.45, 2.75) is 51.1 Å². The van der Waals surface area contributed by atoms with Gasteiger partial charge in [0, 0.05) is 57.4 Å². The number of nitrogens with zero attached hydrogens (tertiary/aromatic N) is 2. The molecule has 0 bridgehead atoms. The minimum Gasteiger partial charge on any atom is -0.351 e. The molecule has 0 aromatic heterocycles. The first-order valence-electron chi connectivity index (χ1n) is 10.7. The molecule has 1 aromatic carbocycles. The summed E-state index contributed by atoms with van der Waals surface area (Å²) < 4.78 is 0. The number of amides is 1. The molecule has 1 heterocycles. The van der Waals surface area contributed by atoms with Crippen LogP contribution in [0.2, 0.25) is 0 Å². The highest BCUT2D eigenvalue weighted by Gasteiger charge is 2.15. The summed E-state index contributed by atoms with van der Waals surface area (Å²) in [7, 11) is 2.17. The van der Waals surface area contributed by atoms with Gasteiger partial charge in [-0.3, -0.25) is 9.69 Å². The average molecular weight is 373 g/mol. The van der Waals surface area contributed by atoms with E-state index >= 15 is 0 Å². The van der Waals surface area contributed by atoms with Crippen LogP contribution < -0.4 is 10.6 Å². The molecule has 1 amide bonds. The van der Waals surface area contributed by atoms with Gasteiger partial charge in [0.15, 0.2) is 0 Å². The standard InChI is InChI=1S/C22H36N4O/c1-25-13-15-26(16-14-25)18-19-7-6-8-20(17-19)22(27)24-12-11-23-21-9-4-2-3-5-10-21/h6-8,17,21,23H,2-5,9-16,18H2,1H3,(H,24,27). The Hall–Kier alpha value is -1.43. The molecule has 1 saturated carbocycles. The highest BCUT2D eigenvalue weighted by molar-refractivity contribution is 5.94. The normalized spacial score (nSPS) is 20.3. The van der Waals surface area contributed by atoms with Crippen LogP contribution in [-0.2, 0) is 6.54 Å². The molecule has 1 aliphatic carbocycles. The number of likely N-dealkylation sites (N-methyl/N-ethyl adjacent to an activating group) is 1. The molecule has 5 nitrogen and oxygen atoms in total. The van der Waals surface area contributed by atoms with E-state index in [1.807, 2.05) is 18.2 Å². The molecule has 2 aliphatic rings. The highest BCUT2D eigenvalue weighted by atomic mass is 16.1. The average Bonchev–Trinajstić information content (AvgIpc) is 2.96. The van der Waals surface area contributed by atoms with E-state index in [2.05, 4.69) is 33.5 Å². The Bertz CT molecular complexity index is 575. The zero-order valence-electron chi connectivity index (χ0n) is 16.9. The Morgan fingerprint density at radius 1 is 1.04 bits per heavy atom. The molecular weight excluding hydrogens is 336 g/mol. The number of benzene rings is 1. The maximum atomic E-state index is 12.5. The predicted molar refractivity (Wildman–Crippen MR) is 111 cm³/mol. The van der Waals surface area contributed by atoms with Gasteiger partial charge in [0.1, 0.15) is 0 Å². The molecule has 3 rings (SSSR count). The van der Waals surface area contributed by atoms with Crippen molar-refractivity contribution in [3.05, 3.63) is 35.4 Å². The monoisotopic (exact) mass is 372 g/mol. The van der Waals surface area contributed by atoms with E-state index in [4.69, 9.17) is 0 Å². The fourth-order valence-electron chi connectivity index (χ4n) is 4.11. The molecule has 27 heavy (non-hydrogen) atoms. The molecule has 5 heteroatoms. The van der Waals surface area contributed by atoms with E-state index in [9.17, 15) is 4.79 Å². The van der Waals surface area contributed by atoms with Gasteiger partial charge in [0.25, 0.3) is 5.91 Å². The molecule has 0 atom stereocenters. The van der Waals surface area contributed by atoms with Crippen molar-refractivity contribution in [3.63, 3.8) is 0 Å². The summed E-state index contributed by atoms with van der Waals surface area (Å²) in [6.45, 7) is 6.91. The van der Waals surface area contributed by atoms with Gasteiger partial charge in [0.2, 0.25) is 0 Å². The maximum Gasteiger partial charge on any atom is 0.251 e. The minimum atomic E-state index is 0.0397. The van der Waals surface area contributed by atoms with Gasteiger partial charge >= 0.3 is 0 Å². The third kappa shape index (κ3) is 6.91. The van der Waals surface area contributed by atoms with E-state index in [0.717, 1.165) is 44.8 Å². The third-order valence-corrected chi connectivity index (χ3v) is 5.89. The lowest BCUT2D eigenvalue weighted by atomic mass is 10.1. The Labute approximate surface area is 164 Å². The van der Waals surface area contributed by atoms with Crippen molar-refractivity contribution >= 4 is 5.91 Å². The number of hydrogen-bond donors (Lipinski definition) is 2. The van der Waals surface area contributed by atoms with Crippen molar-refractivity contribution in [3.8, 4) is 0 Å². The number of nitrogens with one attached hydrogen (secondary N) is 2. The van der Waals surface area contributed by atoms with E-state index in [0.29, 0.717) is 12.6 Å². The Kier molecular flexibility index (Phi) is 8.11. The largest absolute Gasteiger partial charge is 0.351 e. The Balaban J connectivity index is 1.40. The SMILES string of the molecule is CN1CCN(Cc2cccc(C(=O)NCCNC3CCCCCC3)c2)CC1. The van der Waals surface area contributed by atoms with Gasteiger partial charge in [-0.1, -0.05) is 37.8 Å². The smallest absolute Gasteiger partial charge is 0.251 e. The molecule has 1 aliphatic heterocycles. The van der Waals surface area contributed by atoms with Gasteiger partial charge < -0.3 is 15.5 Å². The van der Waals surface area contributed by atoms with Crippen molar-refractivity contribution in [2.24, 2.45) is 0 Å². The van der Waals surface area contributed by atoms with Gasteiger partial charge in [-0.2, -0.15) is 0 Å². The van der Waals surface area contributed by atoms with Crippen molar-refractivity contribution in [1.82, 2.24) is 20.4 Å². The summed E-state index contributed by atoms with van der Waals surface area (Å²) in [5.41, 5.74) is 2.00. The summed E-state index contributed by atoms with van der Waals surface area (Å²) in [4.78, 5) is 17.3. The number of rotatable bonds is 7. The van der Waals surface area contributed by atoms with E-state index < -0.39 is 0 Å². The molecular formula is C22H36N4O. The summed E-state index contributed by atoms with van der Waals surface area (Å²) in [5, 5.41) is 6.68. The second-order valence-corrected chi connectivity index (χ2v) is 8.18. The van der Waals surface area contributed by atoms with E-state index in [-0.39, 0.29) is 5.91 Å². The van der Waals surface area contributed by atoms with Gasteiger partial charge in [-0.15, -0.1) is 0 Å². The summed E-state index contributed by atoms with van der Waals surface area (Å²) in [6.07, 6.45) is 7.98. The molecule has 1 aromatic rings. The van der Waals surface area contributed by atoms with Crippen LogP contribution in [-0.4, -0.2) is 68.1 Å². The lowest BCUT2D eigenvalue weighted by molar-refractivity contribution is 0.0953. The molecule has 2 N–H and O–H groups in total. The number of hydrogen-bond acceptors (Lipinski definition) is 4. The third-order valence-electron chi connectivity index (χ3n) is 5.89. The fourth-order valence-corrected chi connectivity index (χ4v) is 4.11. The maximum absolute atomic E-state index is 12.5. The second-order valence-electron chi connectivity index (χ2n) is 8.18. The van der Waals surface area contributed by atoms with Crippen molar-refractivity contribution < 1.29 is 4.79 Å². The quantitative estimate of drug-likeness (QED) is 0.570. The van der Waals surface area contributed by atoms with Crippen LogP contribution in [0.4, 0.5) is 0 Å². The van der Waals surface area contributed by atoms with Crippen LogP contribution in [0.5, 0.6) is 0 Å². The van der Waals surface area contributed by atoms with Gasteiger partial charge in [-0.25, -0.2) is 0 Å². The second kappa shape index (κ2) is 10.8. The summed E-state index contributed by atoms with van der Waals surface area (Å²) in [6, 6.07) is 8.73. The van der Waals surface area contributed by atoms with Crippen molar-refractivity contribution in [1.29, 1.82) is 0 Å². The molecule has 0 unspecified atom stereocenters. The molecule has 1 saturated heterocycles. The fraction of sp³-hybridized carbons (Fsp3) is 0.682. The molecule has 2 fully saturated rings. The molecule has 0 radical (unpaired) electrons. The Morgan fingerprint density at radius 2 is 1.78 bits per heavy atom. The topological polar surface area (TPSA) is 47.6 Å². The lowest BCUT2D eigenvalue weighted by Crippen LogP contribution is -2.43. The molecule has 0 spiro atoms. The first-order chi connectivity index (χ1) is 13.2. The van der Waals surface area contributed by atoms with Crippen molar-refractivity contribution in [2.75, 3.05) is 46.3 Å². The summed E-state index contributed by atoms with van der Waals surface area (Å²) >= 11 is 0. The van der Waals surface area contributed by atoms with Crippen LogP contribution in [0.3, 0.4) is 0 Å². The Morgan fingerprint density at radius 3 is 2.52 bits per heavy atom. The minimum absolute atomic E-state index is 0.0397. The zero-order chi connectivity index (χ0) is 18.9. The van der Waals surface area contributed by atoms with Crippen LogP contribution in [0.15, 0.2) is 24.3 Å². The number of piperazine rings is 1. The van der Waals surface area contributed by atoms with Crippen LogP contribution >= 0.6 is 0 Å². The first kappa shape index (κ1) is 20.3. The zero-order valence-corrected chi connectivity index (χ0v) is 16.9. The van der Waals surface area contributed by atoms with E-state index in [1.54, 1.807) is 0 Å². The van der Waals surface area contributed by atoms with Gasteiger partial charge in [-0.05, 0) is 37.6 Å². The van der Waals surface area contributed by atoms with Gasteiger partial charge in [0.05, 0.1) is 0 Å². The number of carbonyl (C=O) groups is 1. The highest BCUT2D eigenvalue weighted by Crippen LogP contribution is 2.16. The lowest BCUT2D eigenvalue weighted by Gasteiger charge is -2.32. The molecule has 150 valence electrons. The van der Waals surface area contributed by atoms with Crippen LogP contribution in [0.25, 0.3) is 0 Å². The predicted octanol–water partition coefficient (Wildman–Crippen LogP) is 2.48. The van der Waals surface area contributed by atoms with Crippen LogP contribution in [0, 0.1) is 0 Å². The van der Waals surface area contributed by atoms with Crippen LogP contribution in [0.1, 0.15) is 54.4 Å². The van der Waals surface area contributed by atoms with E-state index in [1.165, 1.54) is 44.1 Å². The number of carbonyl (C=O) groups excluding carboxylic acids is 1. The summed E-state index contributed by atoms with van der Waals surface area (Å²) in [5.74, 6) is 0.0397. The first-order valence-corrected chi connectivity index (χ1v) is 10.7.